The third-order valence-corrected chi connectivity index (χ3v) is 5.29. The minimum absolute atomic E-state index is 0.237. The monoisotopic (exact) mass is 461 g/mol. The average molecular weight is 462 g/mol. The van der Waals surface area contributed by atoms with Gasteiger partial charge in [-0.2, -0.15) is 0 Å². The molecule has 0 aromatic carbocycles. The lowest BCUT2D eigenvalue weighted by atomic mass is 10.2. The van der Waals surface area contributed by atoms with Crippen LogP contribution in [0, 0.1) is 0 Å². The van der Waals surface area contributed by atoms with Crippen molar-refractivity contribution in [2.24, 2.45) is 0 Å². The highest BCUT2D eigenvalue weighted by Gasteiger charge is 2.09. The van der Waals surface area contributed by atoms with E-state index in [2.05, 4.69) is 41.2 Å². The molecule has 4 atom stereocenters. The van der Waals surface area contributed by atoms with E-state index in [1.165, 1.54) is 0 Å². The van der Waals surface area contributed by atoms with Gasteiger partial charge < -0.3 is 30.6 Å². The van der Waals surface area contributed by atoms with Crippen LogP contribution in [0.25, 0.3) is 0 Å². The van der Waals surface area contributed by atoms with Crippen LogP contribution in [0.15, 0.2) is 12.3 Å². The van der Waals surface area contributed by atoms with Crippen molar-refractivity contribution in [1.82, 2.24) is 15.1 Å². The first kappa shape index (κ1) is 33.5. The van der Waals surface area contributed by atoms with E-state index >= 15 is 0 Å². The van der Waals surface area contributed by atoms with Crippen molar-refractivity contribution in [3.05, 3.63) is 12.3 Å². The van der Waals surface area contributed by atoms with Crippen LogP contribution >= 0.6 is 0 Å². The molecule has 0 rings (SSSR count). The molecule has 7 nitrogen and oxygen atoms in total. The van der Waals surface area contributed by atoms with Gasteiger partial charge in [-0.1, -0.05) is 47.6 Å². The predicted molar refractivity (Wildman–Crippen MR) is 136 cm³/mol. The summed E-state index contributed by atoms with van der Waals surface area (Å²) in [6, 6.07) is 0. The Kier molecular flexibility index (Phi) is 24.5. The average Bonchev–Trinajstić information content (AvgIpc) is 2.79. The van der Waals surface area contributed by atoms with Crippen molar-refractivity contribution in [3.63, 3.8) is 0 Å². The summed E-state index contributed by atoms with van der Waals surface area (Å²) >= 11 is 0. The van der Waals surface area contributed by atoms with Gasteiger partial charge in [-0.3, -0.25) is 4.90 Å². The molecule has 0 aliphatic heterocycles. The van der Waals surface area contributed by atoms with E-state index in [9.17, 15) is 10.2 Å². The van der Waals surface area contributed by atoms with E-state index in [-0.39, 0.29) is 24.4 Å². The van der Waals surface area contributed by atoms with Gasteiger partial charge in [-0.25, -0.2) is 0 Å². The van der Waals surface area contributed by atoms with Crippen LogP contribution in [0.5, 0.6) is 0 Å². The maximum absolute atomic E-state index is 9.79. The molecule has 0 saturated carbocycles. The van der Waals surface area contributed by atoms with Gasteiger partial charge in [0.2, 0.25) is 0 Å². The molecule has 194 valence electrons. The summed E-state index contributed by atoms with van der Waals surface area (Å²) in [6.07, 6.45) is 8.48. The molecule has 0 fully saturated rings. The minimum Gasteiger partial charge on any atom is -0.392 e. The summed E-state index contributed by atoms with van der Waals surface area (Å²) in [5.41, 5.74) is 0. The number of hydrogen-bond acceptors (Lipinski definition) is 7. The number of nitrogens with zero attached hydrogens (tertiary/aromatic N) is 2. The molecule has 0 aliphatic carbocycles. The minimum atomic E-state index is -0.279. The molecule has 0 saturated heterocycles. The van der Waals surface area contributed by atoms with Crippen molar-refractivity contribution in [3.8, 4) is 0 Å². The molecular weight excluding hydrogens is 406 g/mol. The Labute approximate surface area is 198 Å². The first-order valence-corrected chi connectivity index (χ1v) is 12.8. The quantitative estimate of drug-likeness (QED) is 0.202. The zero-order valence-electron chi connectivity index (χ0n) is 21.8. The second-order valence-corrected chi connectivity index (χ2v) is 8.55. The highest BCUT2D eigenvalue weighted by molar-refractivity contribution is 4.87. The Hall–Kier alpha value is -0.700. The van der Waals surface area contributed by atoms with Crippen LogP contribution in [0.1, 0.15) is 80.1 Å². The van der Waals surface area contributed by atoms with Crippen LogP contribution in [0.3, 0.4) is 0 Å². The van der Waals surface area contributed by atoms with Gasteiger partial charge in [0.25, 0.3) is 0 Å². The third kappa shape index (κ3) is 21.2. The zero-order chi connectivity index (χ0) is 24.8. The molecule has 5 N–H and O–H groups in total. The molecule has 0 amide bonds. The van der Waals surface area contributed by atoms with E-state index in [4.69, 9.17) is 10.2 Å². The molecule has 0 heterocycles. The highest BCUT2D eigenvalue weighted by Crippen LogP contribution is 2.02. The zero-order valence-corrected chi connectivity index (χ0v) is 21.8. The Morgan fingerprint density at radius 1 is 0.656 bits per heavy atom. The van der Waals surface area contributed by atoms with Gasteiger partial charge in [-0.05, 0) is 51.3 Å². The number of aliphatic hydroxyl groups excluding tert-OH is 4. The molecule has 0 aromatic rings. The van der Waals surface area contributed by atoms with Crippen molar-refractivity contribution >= 4 is 0 Å². The first-order chi connectivity index (χ1) is 15.3. The SMILES string of the molecule is CCC(O)CNCC(O)CC.CCCN(C=CCN(CCC)CC(O)CC)CC(O)CC. The summed E-state index contributed by atoms with van der Waals surface area (Å²) in [4.78, 5) is 4.47. The number of nitrogens with one attached hydrogen (secondary N) is 1. The number of hydrogen-bond donors (Lipinski definition) is 5. The van der Waals surface area contributed by atoms with Crippen molar-refractivity contribution < 1.29 is 20.4 Å². The molecule has 0 radical (unpaired) electrons. The normalized spacial score (nSPS) is 15.3. The van der Waals surface area contributed by atoms with Crippen LogP contribution in [0.2, 0.25) is 0 Å². The van der Waals surface area contributed by atoms with Gasteiger partial charge in [0.1, 0.15) is 0 Å². The summed E-state index contributed by atoms with van der Waals surface area (Å²) in [7, 11) is 0. The van der Waals surface area contributed by atoms with E-state index in [0.717, 1.165) is 64.7 Å². The highest BCUT2D eigenvalue weighted by atomic mass is 16.3. The fourth-order valence-corrected chi connectivity index (χ4v) is 2.96. The summed E-state index contributed by atoms with van der Waals surface area (Å²) in [5.74, 6) is 0. The third-order valence-electron chi connectivity index (χ3n) is 5.29. The topological polar surface area (TPSA) is 99.4 Å². The Balaban J connectivity index is 0. The second-order valence-electron chi connectivity index (χ2n) is 8.55. The van der Waals surface area contributed by atoms with Gasteiger partial charge in [0.15, 0.2) is 0 Å². The van der Waals surface area contributed by atoms with Crippen LogP contribution < -0.4 is 5.32 Å². The molecule has 32 heavy (non-hydrogen) atoms. The second kappa shape index (κ2) is 23.5. The molecular formula is C25H55N3O4. The number of rotatable bonds is 19. The Morgan fingerprint density at radius 2 is 1.12 bits per heavy atom. The first-order valence-electron chi connectivity index (χ1n) is 12.8. The standard InChI is InChI=1S/C17H36N2O2.C8H19NO2/c1-5-10-18(14-16(20)7-3)12-9-13-19(11-6-2)15-17(21)8-4;1-3-7(10)5-9-6-8(11)4-2/h9,12,16-17,20-21H,5-8,10-11,13-15H2,1-4H3;7-11H,3-6H2,1-2H3. The molecule has 7 heteroatoms. The predicted octanol–water partition coefficient (Wildman–Crippen LogP) is 2.58. The van der Waals surface area contributed by atoms with Gasteiger partial charge in [0, 0.05) is 39.3 Å². The molecule has 4 unspecified atom stereocenters. The van der Waals surface area contributed by atoms with E-state index in [1.54, 1.807) is 0 Å². The fourth-order valence-electron chi connectivity index (χ4n) is 2.96. The molecule has 0 aliphatic rings. The van der Waals surface area contributed by atoms with Crippen LogP contribution in [-0.4, -0.2) is 100 Å². The maximum Gasteiger partial charge on any atom is 0.0712 e. The van der Waals surface area contributed by atoms with E-state index in [0.29, 0.717) is 19.6 Å². The summed E-state index contributed by atoms with van der Waals surface area (Å²) in [5, 5.41) is 40.8. The smallest absolute Gasteiger partial charge is 0.0712 e. The largest absolute Gasteiger partial charge is 0.392 e. The van der Waals surface area contributed by atoms with Gasteiger partial charge in [0.05, 0.1) is 24.4 Å². The van der Waals surface area contributed by atoms with Crippen molar-refractivity contribution in [2.75, 3.05) is 45.8 Å². The lowest BCUT2D eigenvalue weighted by Gasteiger charge is -2.25. The fraction of sp³-hybridized carbons (Fsp3) is 0.920. The van der Waals surface area contributed by atoms with Crippen molar-refractivity contribution in [1.29, 1.82) is 0 Å². The van der Waals surface area contributed by atoms with E-state index < -0.39 is 0 Å². The molecule has 0 aromatic heterocycles. The molecule has 0 bridgehead atoms. The Morgan fingerprint density at radius 3 is 1.56 bits per heavy atom. The van der Waals surface area contributed by atoms with Gasteiger partial charge in [-0.15, -0.1) is 0 Å². The lowest BCUT2D eigenvalue weighted by molar-refractivity contribution is 0.114. The Bertz CT molecular complexity index is 403. The summed E-state index contributed by atoms with van der Waals surface area (Å²) < 4.78 is 0. The van der Waals surface area contributed by atoms with Crippen molar-refractivity contribution in [2.45, 2.75) is 104 Å². The number of aliphatic hydroxyl groups is 4. The van der Waals surface area contributed by atoms with Crippen LogP contribution in [-0.2, 0) is 0 Å². The maximum atomic E-state index is 9.79. The molecule has 0 spiro atoms. The van der Waals surface area contributed by atoms with Gasteiger partial charge >= 0.3 is 0 Å². The van der Waals surface area contributed by atoms with Crippen LogP contribution in [0.4, 0.5) is 0 Å². The summed E-state index contributed by atoms with van der Waals surface area (Å²) in [6.45, 7) is 17.6. The lowest BCUT2D eigenvalue weighted by Crippen LogP contribution is -2.33. The van der Waals surface area contributed by atoms with E-state index in [1.807, 2.05) is 27.7 Å².